The summed E-state index contributed by atoms with van der Waals surface area (Å²) < 4.78 is 47.2. The van der Waals surface area contributed by atoms with E-state index in [0.717, 1.165) is 74.3 Å². The van der Waals surface area contributed by atoms with E-state index in [-0.39, 0.29) is 42.8 Å². The number of imide groups is 3. The van der Waals surface area contributed by atoms with Crippen LogP contribution < -0.4 is 10.6 Å². The first-order valence-corrected chi connectivity index (χ1v) is 22.2. The molecule has 0 radical (unpaired) electrons. The molecule has 3 atom stereocenters. The molecule has 0 bridgehead atoms. The Morgan fingerprint density at radius 2 is 1.51 bits per heavy atom. The van der Waals surface area contributed by atoms with Crippen LogP contribution in [0.15, 0.2) is 60.7 Å². The molecule has 4 aliphatic rings. The van der Waals surface area contributed by atoms with Gasteiger partial charge in [-0.1, -0.05) is 80.5 Å². The maximum Gasteiger partial charge on any atom is 0.418 e. The van der Waals surface area contributed by atoms with E-state index >= 15 is 0 Å². The van der Waals surface area contributed by atoms with Crippen LogP contribution in [0.4, 0.5) is 23.7 Å². The monoisotopic (exact) mass is 899 g/mol. The van der Waals surface area contributed by atoms with Crippen molar-refractivity contribution in [3.8, 4) is 0 Å². The number of nitrogens with one attached hydrogen (secondary N) is 2. The number of amides is 8. The third kappa shape index (κ3) is 10.1. The Morgan fingerprint density at radius 3 is 2.20 bits per heavy atom. The molecule has 0 aromatic heterocycles. The van der Waals surface area contributed by atoms with Gasteiger partial charge in [-0.2, -0.15) is 13.2 Å². The fraction of sp³-hybridized carbons (Fsp3) is 0.458. The van der Waals surface area contributed by atoms with Gasteiger partial charge in [0.25, 0.3) is 17.7 Å². The lowest BCUT2D eigenvalue weighted by molar-refractivity contribution is -0.187. The summed E-state index contributed by atoms with van der Waals surface area (Å²) in [5.41, 5.74) is 2.70. The van der Waals surface area contributed by atoms with Gasteiger partial charge < -0.3 is 15.0 Å². The molecule has 7 rings (SSSR count). The van der Waals surface area contributed by atoms with Gasteiger partial charge in [-0.05, 0) is 86.9 Å². The molecule has 14 nitrogen and oxygen atoms in total. The van der Waals surface area contributed by atoms with Crippen molar-refractivity contribution < 1.29 is 56.3 Å². The van der Waals surface area contributed by atoms with E-state index in [9.17, 15) is 51.5 Å². The number of hydrogen-bond acceptors (Lipinski definition) is 9. The standard InChI is InChI=1S/C48H52F3N5O9/c1-29-13-15-32(16-14-29)27-54(30(2)48(49,50)51)41(59)28-55-45(63)47(65-46(55)64)24-23-33-26-34(18-20-37(33)47)52-39(57)12-10-8-6-4-3-5-7-9-11-31-17-19-35-36(25-31)44(62)56(43(35)61)38-21-22-40(58)53-42(38)60/h13-20,25-26,30,38H,3-12,21-24,27-28H2,1-2H3,(H,52,57)(H,53,58,60)/t30-,38?,47+/m0/s1. The molecule has 17 heteroatoms. The van der Waals surface area contributed by atoms with Crippen LogP contribution in [0.2, 0.25) is 0 Å². The van der Waals surface area contributed by atoms with Crippen molar-refractivity contribution in [1.29, 1.82) is 0 Å². The lowest BCUT2D eigenvalue weighted by atomic mass is 9.94. The van der Waals surface area contributed by atoms with E-state index in [1.165, 1.54) is 0 Å². The summed E-state index contributed by atoms with van der Waals surface area (Å²) in [4.78, 5) is 105. The molecule has 65 heavy (non-hydrogen) atoms. The third-order valence-electron chi connectivity index (χ3n) is 12.8. The Morgan fingerprint density at radius 1 is 0.846 bits per heavy atom. The number of anilines is 1. The number of halogens is 3. The molecular weight excluding hydrogens is 848 g/mol. The quantitative estimate of drug-likeness (QED) is 0.0988. The summed E-state index contributed by atoms with van der Waals surface area (Å²) in [6.45, 7) is 1.39. The molecule has 3 heterocycles. The molecule has 2 N–H and O–H groups in total. The van der Waals surface area contributed by atoms with Crippen LogP contribution >= 0.6 is 0 Å². The minimum atomic E-state index is -4.75. The van der Waals surface area contributed by atoms with Crippen LogP contribution in [0.1, 0.15) is 133 Å². The lowest BCUT2D eigenvalue weighted by Gasteiger charge is -2.31. The van der Waals surface area contributed by atoms with Gasteiger partial charge in [-0.25, -0.2) is 9.69 Å². The van der Waals surface area contributed by atoms with Crippen LogP contribution in [-0.4, -0.2) is 86.9 Å². The van der Waals surface area contributed by atoms with Crippen LogP contribution in [0.3, 0.4) is 0 Å². The fourth-order valence-electron chi connectivity index (χ4n) is 9.04. The predicted molar refractivity (Wildman–Crippen MR) is 229 cm³/mol. The molecular formula is C48H52F3N5O9. The number of carbonyl (C=O) groups is 8. The largest absolute Gasteiger partial charge is 0.427 e. The highest BCUT2D eigenvalue weighted by molar-refractivity contribution is 6.23. The van der Waals surface area contributed by atoms with E-state index in [2.05, 4.69) is 10.6 Å². The molecule has 3 aromatic rings. The van der Waals surface area contributed by atoms with E-state index in [1.807, 2.05) is 13.0 Å². The van der Waals surface area contributed by atoms with Crippen LogP contribution in [0.5, 0.6) is 0 Å². The second-order valence-corrected chi connectivity index (χ2v) is 17.4. The van der Waals surface area contributed by atoms with Crippen LogP contribution in [-0.2, 0) is 53.7 Å². The lowest BCUT2D eigenvalue weighted by Crippen LogP contribution is -2.54. The molecule has 3 aliphatic heterocycles. The number of ether oxygens (including phenoxy) is 1. The van der Waals surface area contributed by atoms with Crippen molar-refractivity contribution in [2.75, 3.05) is 11.9 Å². The number of nitrogens with zero attached hydrogens (tertiary/aromatic N) is 3. The van der Waals surface area contributed by atoms with Crippen molar-refractivity contribution in [2.45, 2.75) is 134 Å². The van der Waals surface area contributed by atoms with Gasteiger partial charge in [0.2, 0.25) is 29.2 Å². The summed E-state index contributed by atoms with van der Waals surface area (Å²) in [5.74, 6) is -4.13. The molecule has 344 valence electrons. The van der Waals surface area contributed by atoms with Crippen molar-refractivity contribution in [2.24, 2.45) is 0 Å². The van der Waals surface area contributed by atoms with Gasteiger partial charge in [0.15, 0.2) is 0 Å². The van der Waals surface area contributed by atoms with Crippen molar-refractivity contribution in [1.82, 2.24) is 20.0 Å². The number of carbonyl (C=O) groups excluding carboxylic acids is 8. The molecule has 2 saturated heterocycles. The second-order valence-electron chi connectivity index (χ2n) is 17.4. The van der Waals surface area contributed by atoms with Crippen molar-refractivity contribution >= 4 is 53.1 Å². The average Bonchev–Trinajstić information content (AvgIpc) is 3.83. The molecule has 1 unspecified atom stereocenters. The summed E-state index contributed by atoms with van der Waals surface area (Å²) in [7, 11) is 0. The third-order valence-corrected chi connectivity index (χ3v) is 12.8. The highest BCUT2D eigenvalue weighted by Gasteiger charge is 2.59. The zero-order chi connectivity index (χ0) is 46.6. The minimum Gasteiger partial charge on any atom is -0.427 e. The Labute approximate surface area is 374 Å². The Kier molecular flexibility index (Phi) is 13.9. The van der Waals surface area contributed by atoms with Crippen molar-refractivity contribution in [3.63, 3.8) is 0 Å². The first-order chi connectivity index (χ1) is 31.0. The number of aryl methyl sites for hydroxylation is 3. The summed E-state index contributed by atoms with van der Waals surface area (Å²) in [5, 5.41) is 5.10. The predicted octanol–water partition coefficient (Wildman–Crippen LogP) is 7.19. The summed E-state index contributed by atoms with van der Waals surface area (Å²) >= 11 is 0. The number of benzene rings is 3. The summed E-state index contributed by atoms with van der Waals surface area (Å²) in [6, 6.07) is 13.6. The van der Waals surface area contributed by atoms with Crippen LogP contribution in [0.25, 0.3) is 0 Å². The number of hydrogen-bond donors (Lipinski definition) is 2. The topological polar surface area (TPSA) is 180 Å². The van der Waals surface area contributed by atoms with E-state index in [4.69, 9.17) is 4.74 Å². The van der Waals surface area contributed by atoms with E-state index in [0.29, 0.717) is 51.4 Å². The minimum absolute atomic E-state index is 0.0677. The fourth-order valence-corrected chi connectivity index (χ4v) is 9.04. The zero-order valence-corrected chi connectivity index (χ0v) is 36.4. The van der Waals surface area contributed by atoms with Gasteiger partial charge in [0.05, 0.1) is 11.1 Å². The number of alkyl halides is 3. The van der Waals surface area contributed by atoms with Gasteiger partial charge in [-0.15, -0.1) is 0 Å². The Bertz CT molecular complexity index is 2400. The highest BCUT2D eigenvalue weighted by Crippen LogP contribution is 2.46. The molecule has 3 aromatic carbocycles. The number of rotatable bonds is 18. The average molecular weight is 900 g/mol. The van der Waals surface area contributed by atoms with Crippen molar-refractivity contribution in [3.05, 3.63) is 99.6 Å². The molecule has 1 aliphatic carbocycles. The van der Waals surface area contributed by atoms with E-state index in [1.54, 1.807) is 54.6 Å². The zero-order valence-electron chi connectivity index (χ0n) is 36.4. The maximum absolute atomic E-state index is 13.9. The number of fused-ring (bicyclic) bond motifs is 3. The molecule has 1 spiro atoms. The second kappa shape index (κ2) is 19.4. The Balaban J connectivity index is 0.806. The van der Waals surface area contributed by atoms with Gasteiger partial charge in [0.1, 0.15) is 18.6 Å². The van der Waals surface area contributed by atoms with Crippen LogP contribution in [0, 0.1) is 6.92 Å². The van der Waals surface area contributed by atoms with Gasteiger partial charge >= 0.3 is 12.3 Å². The van der Waals surface area contributed by atoms with Gasteiger partial charge in [0, 0.05) is 37.1 Å². The summed E-state index contributed by atoms with van der Waals surface area (Å²) in [6.07, 6.45) is 3.31. The first kappa shape index (κ1) is 46.6. The molecule has 0 saturated carbocycles. The first-order valence-electron chi connectivity index (χ1n) is 22.2. The smallest absolute Gasteiger partial charge is 0.418 e. The highest BCUT2D eigenvalue weighted by atomic mass is 19.4. The Hall–Kier alpha value is -6.39. The number of unbranched alkanes of at least 4 members (excludes halogenated alkanes) is 7. The normalized spacial score (nSPS) is 19.7. The maximum atomic E-state index is 13.9. The number of piperidine rings is 1. The van der Waals surface area contributed by atoms with Gasteiger partial charge in [-0.3, -0.25) is 43.8 Å². The molecule has 2 fully saturated rings. The van der Waals surface area contributed by atoms with E-state index < -0.39 is 71.9 Å². The molecule has 8 amide bonds. The SMILES string of the molecule is Cc1ccc(CN(C(=O)CN2C(=O)O[C@@]3(CCc4cc(NC(=O)CCCCCCCCCCc5ccc6c(c5)C(=O)N(C5CCC(=O)NC5=O)C6=O)ccc43)C2=O)[C@@H](C)C(F)(F)F)cc1.